The van der Waals surface area contributed by atoms with Gasteiger partial charge in [0, 0.05) is 0 Å². The summed E-state index contributed by atoms with van der Waals surface area (Å²) in [4.78, 5) is 0. The first-order valence-electron chi connectivity index (χ1n) is 2.97. The molecular weight excluding hydrogens is 255 g/mol. The molecule has 0 unspecified atom stereocenters. The molecule has 4 heteroatoms. The van der Waals surface area contributed by atoms with Gasteiger partial charge in [-0.1, -0.05) is 0 Å². The molecule has 0 atom stereocenters. The van der Waals surface area contributed by atoms with Crippen LogP contribution in [0.1, 0.15) is 6.42 Å². The van der Waals surface area contributed by atoms with E-state index >= 15 is 0 Å². The molecule has 0 spiro atoms. The zero-order chi connectivity index (χ0) is 7.11. The van der Waals surface area contributed by atoms with Gasteiger partial charge in [-0.05, 0) is 0 Å². The summed E-state index contributed by atoms with van der Waals surface area (Å²) >= 11 is 2.27. The van der Waals surface area contributed by atoms with Crippen LogP contribution in [-0.4, -0.2) is 6.19 Å². The van der Waals surface area contributed by atoms with Crippen LogP contribution in [0.2, 0.25) is 13.1 Å². The molecule has 1 aliphatic rings. The van der Waals surface area contributed by atoms with E-state index in [4.69, 9.17) is 0 Å². The largest absolute Gasteiger partial charge is 0.358 e. The van der Waals surface area contributed by atoms with Crippen molar-refractivity contribution in [2.75, 3.05) is 0 Å². The fourth-order valence-corrected chi connectivity index (χ4v) is 0.340. The third-order valence-electron chi connectivity index (χ3n) is 0.586. The molecule has 0 aromatic rings. The molecule has 0 heterocycles. The summed E-state index contributed by atoms with van der Waals surface area (Å²) < 4.78 is 0. The third kappa shape index (κ3) is 43.7. The topological polar surface area (TPSA) is 0 Å². The Labute approximate surface area is 108 Å². The van der Waals surface area contributed by atoms with Gasteiger partial charge in [-0.25, -0.2) is 12.2 Å². The number of rotatable bonds is 0. The van der Waals surface area contributed by atoms with Crippen molar-refractivity contribution in [3.63, 3.8) is 0 Å². The monoisotopic (exact) mass is 273 g/mol. The van der Waals surface area contributed by atoms with E-state index in [2.05, 4.69) is 44.4 Å². The van der Waals surface area contributed by atoms with Crippen LogP contribution in [0, 0.1) is 20.9 Å². The summed E-state index contributed by atoms with van der Waals surface area (Å²) in [6.45, 7) is 4.54. The molecule has 1 aliphatic carbocycles. The van der Waals surface area contributed by atoms with E-state index in [0.717, 1.165) is 6.42 Å². The molecule has 0 nitrogen and oxygen atoms in total. The normalized spacial score (nSPS) is 8.69. The van der Waals surface area contributed by atoms with Gasteiger partial charge in [-0.15, -0.1) is 31.2 Å². The van der Waals surface area contributed by atoms with Gasteiger partial charge in [-0.3, -0.25) is 6.08 Å². The summed E-state index contributed by atoms with van der Waals surface area (Å²) in [5, 5.41) is 0. The Kier molecular flexibility index (Phi) is 51.9. The Morgan fingerprint density at radius 3 is 1.69 bits per heavy atom. The first-order chi connectivity index (χ1) is 4.23. The fraction of sp³-hybridized carbons (Fsp3) is 0.333. The molecule has 0 N–H and O–H groups in total. The van der Waals surface area contributed by atoms with Crippen LogP contribution in [0.4, 0.5) is 0 Å². The van der Waals surface area contributed by atoms with Crippen molar-refractivity contribution in [3.05, 3.63) is 39.2 Å². The van der Waals surface area contributed by atoms with Gasteiger partial charge in [0.15, 0.2) is 0 Å². The molecule has 0 fully saturated rings. The van der Waals surface area contributed by atoms with Gasteiger partial charge < -0.3 is 14.9 Å². The molecular formula is C9H19Cl2SiTi-3. The average Bonchev–Trinajstić information content (AvgIpc) is 2.11. The molecule has 13 heavy (non-hydrogen) atoms. The summed E-state index contributed by atoms with van der Waals surface area (Å²) in [6.07, 6.45) is 10.1. The Morgan fingerprint density at radius 2 is 1.62 bits per heavy atom. The van der Waals surface area contributed by atoms with Crippen molar-refractivity contribution in [1.82, 2.24) is 0 Å². The number of halogens is 2. The Morgan fingerprint density at radius 1 is 1.23 bits per heavy atom. The molecule has 80 valence electrons. The van der Waals surface area contributed by atoms with Crippen molar-refractivity contribution in [2.24, 2.45) is 0 Å². The van der Waals surface area contributed by atoms with E-state index < -0.39 is 0 Å². The van der Waals surface area contributed by atoms with E-state index in [1.807, 2.05) is 12.2 Å². The molecule has 0 amide bonds. The van der Waals surface area contributed by atoms with Gasteiger partial charge in [0.25, 0.3) is 0 Å². The van der Waals surface area contributed by atoms with Gasteiger partial charge in [-0.2, -0.15) is 6.08 Å². The van der Waals surface area contributed by atoms with Crippen molar-refractivity contribution < 1.29 is 19.2 Å². The van der Waals surface area contributed by atoms with Gasteiger partial charge in [0.2, 0.25) is 0 Å². The van der Waals surface area contributed by atoms with Gasteiger partial charge >= 0.3 is 38.5 Å². The zero-order valence-corrected chi connectivity index (χ0v) is 13.0. The minimum absolute atomic E-state index is 0. The second-order valence-electron chi connectivity index (χ2n) is 2.00. The maximum absolute atomic E-state index is 2.99. The molecule has 0 saturated carbocycles. The first kappa shape index (κ1) is 29.2. The van der Waals surface area contributed by atoms with Crippen molar-refractivity contribution in [1.29, 1.82) is 0 Å². The van der Waals surface area contributed by atoms with Crippen LogP contribution >= 0.6 is 24.8 Å². The zero-order valence-electron chi connectivity index (χ0n) is 8.76. The summed E-state index contributed by atoms with van der Waals surface area (Å²) in [7, 11) is 0. The second-order valence-corrected chi connectivity index (χ2v) is 8.69. The Balaban J connectivity index is -0.0000000256. The predicted molar refractivity (Wildman–Crippen MR) is 66.4 cm³/mol. The smallest absolute Gasteiger partial charge is 0.109 e. The molecule has 0 saturated heterocycles. The van der Waals surface area contributed by atoms with Crippen LogP contribution < -0.4 is 0 Å². The fourth-order valence-electron chi connectivity index (χ4n) is 0.340. The maximum atomic E-state index is 2.99. The van der Waals surface area contributed by atoms with E-state index in [-0.39, 0.29) is 45.9 Å². The average molecular weight is 274 g/mol. The van der Waals surface area contributed by atoms with Crippen LogP contribution in [0.15, 0.2) is 18.2 Å². The van der Waals surface area contributed by atoms with Crippen LogP contribution in [0.3, 0.4) is 0 Å². The van der Waals surface area contributed by atoms with Crippen molar-refractivity contribution >= 4 is 31.0 Å². The minimum atomic E-state index is 0. The Hall–Kier alpha value is 0.991. The van der Waals surface area contributed by atoms with Crippen molar-refractivity contribution in [3.8, 4) is 0 Å². The molecule has 0 aromatic heterocycles. The number of allylic oxidation sites excluding steroid dienone is 4. The molecule has 0 aliphatic heterocycles. The maximum Gasteiger partial charge on any atom is -0.109 e. The van der Waals surface area contributed by atoms with E-state index in [1.165, 1.54) is 0 Å². The number of hydrogen-bond acceptors (Lipinski definition) is 0. The van der Waals surface area contributed by atoms with Crippen LogP contribution in [-0.2, 0) is 19.2 Å². The molecule has 0 radical (unpaired) electrons. The van der Waals surface area contributed by atoms with Crippen LogP contribution in [0.5, 0.6) is 0 Å². The van der Waals surface area contributed by atoms with E-state index in [0.29, 0.717) is 0 Å². The summed E-state index contributed by atoms with van der Waals surface area (Å²) in [5.74, 6) is 0. The van der Waals surface area contributed by atoms with Crippen LogP contribution in [0.25, 0.3) is 0 Å². The van der Waals surface area contributed by atoms with Crippen molar-refractivity contribution in [2.45, 2.75) is 19.5 Å². The quantitative estimate of drug-likeness (QED) is 0.465. The third-order valence-corrected chi connectivity index (χ3v) is 0.586. The molecule has 0 aromatic carbocycles. The molecule has 0 bridgehead atoms. The van der Waals surface area contributed by atoms with E-state index in [9.17, 15) is 0 Å². The van der Waals surface area contributed by atoms with Gasteiger partial charge in [0.1, 0.15) is 0 Å². The molecule has 1 rings (SSSR count). The van der Waals surface area contributed by atoms with E-state index in [1.54, 1.807) is 0 Å². The SMILES string of the molecule is C[Si](C)=[Ti].Cl.Cl.[C-]1=CC=CC1.[CH3-].[CH3-]. The standard InChI is InChI=1S/C5H5.C2H6Si.2CH3.2ClH.Ti/c1-2-4-5-3-1;1-3-2;;;;;/h1-3H,4H2;1-2H3;2*1H3;2*1H;/q-1;;2*-1;;;. The predicted octanol–water partition coefficient (Wildman–Crippen LogP) is 3.83. The first-order valence-corrected chi connectivity index (χ1v) is 7.81. The summed E-state index contributed by atoms with van der Waals surface area (Å²) in [5.41, 5.74) is 0. The number of hydrogen-bond donors (Lipinski definition) is 0. The minimum Gasteiger partial charge on any atom is -0.358 e. The second kappa shape index (κ2) is 23.1. The van der Waals surface area contributed by atoms with Gasteiger partial charge in [0.05, 0.1) is 0 Å². The Bertz CT molecular complexity index is 131. The summed E-state index contributed by atoms with van der Waals surface area (Å²) in [6, 6.07) is 0.